The third-order valence-electron chi connectivity index (χ3n) is 3.39. The molecule has 1 fully saturated rings. The van der Waals surface area contributed by atoms with Gasteiger partial charge >= 0.3 is 0 Å². The maximum absolute atomic E-state index is 12.5. The molecule has 8 heteroatoms. The van der Waals surface area contributed by atoms with E-state index in [-0.39, 0.29) is 23.3 Å². The van der Waals surface area contributed by atoms with Gasteiger partial charge in [-0.3, -0.25) is 0 Å². The maximum atomic E-state index is 12.5. The van der Waals surface area contributed by atoms with Crippen LogP contribution in [0.3, 0.4) is 0 Å². The van der Waals surface area contributed by atoms with E-state index in [4.69, 9.17) is 28.9 Å². The predicted octanol–water partition coefficient (Wildman–Crippen LogP) is 2.77. The first-order chi connectivity index (χ1) is 8.86. The second-order valence-electron chi connectivity index (χ2n) is 4.77. The summed E-state index contributed by atoms with van der Waals surface area (Å²) >= 11 is 11.7. The van der Waals surface area contributed by atoms with E-state index in [0.29, 0.717) is 22.5 Å². The van der Waals surface area contributed by atoms with Crippen LogP contribution in [0.2, 0.25) is 10.0 Å². The van der Waals surface area contributed by atoms with E-state index in [0.717, 1.165) is 12.8 Å². The average Bonchev–Trinajstić information content (AvgIpc) is 3.13. The zero-order valence-electron chi connectivity index (χ0n) is 10.9. The van der Waals surface area contributed by atoms with E-state index in [1.165, 1.54) is 22.5 Å². The van der Waals surface area contributed by atoms with Crippen molar-refractivity contribution in [3.05, 3.63) is 28.2 Å². The topological polar surface area (TPSA) is 63.4 Å². The van der Waals surface area contributed by atoms with E-state index >= 15 is 0 Å². The van der Waals surface area contributed by atoms with Crippen LogP contribution in [0, 0.1) is 5.92 Å². The summed E-state index contributed by atoms with van der Waals surface area (Å²) in [4.78, 5) is 0.103. The number of nitrogens with two attached hydrogens (primary N) is 1. The number of sulfonamides is 1. The van der Waals surface area contributed by atoms with Gasteiger partial charge in [0, 0.05) is 29.7 Å². The van der Waals surface area contributed by atoms with Gasteiger partial charge in [0.15, 0.2) is 0 Å². The Morgan fingerprint density at radius 1 is 1.30 bits per heavy atom. The lowest BCUT2D eigenvalue weighted by atomic mass is 10.2. The van der Waals surface area contributed by atoms with Gasteiger partial charge in [0.1, 0.15) is 0 Å². The minimum atomic E-state index is -3.62. The van der Waals surface area contributed by atoms with Crippen molar-refractivity contribution in [2.75, 3.05) is 13.6 Å². The van der Waals surface area contributed by atoms with Gasteiger partial charge in [0.2, 0.25) is 10.0 Å². The molecule has 4 nitrogen and oxygen atoms in total. The van der Waals surface area contributed by atoms with E-state index < -0.39 is 10.0 Å². The summed E-state index contributed by atoms with van der Waals surface area (Å²) in [6.07, 6.45) is 2.05. The van der Waals surface area contributed by atoms with Crippen LogP contribution >= 0.6 is 35.6 Å². The summed E-state index contributed by atoms with van der Waals surface area (Å²) in [5.41, 5.74) is 5.69. The normalized spacial score (nSPS) is 16.9. The second-order valence-corrected chi connectivity index (χ2v) is 7.64. The lowest BCUT2D eigenvalue weighted by Gasteiger charge is -2.26. The van der Waals surface area contributed by atoms with Crippen molar-refractivity contribution >= 4 is 45.6 Å². The van der Waals surface area contributed by atoms with Gasteiger partial charge in [0.05, 0.1) is 4.90 Å². The van der Waals surface area contributed by atoms with Gasteiger partial charge in [0.25, 0.3) is 0 Å². The van der Waals surface area contributed by atoms with Gasteiger partial charge in [-0.2, -0.15) is 4.31 Å². The molecule has 114 valence electrons. The number of hydrogen-bond acceptors (Lipinski definition) is 3. The second kappa shape index (κ2) is 6.81. The summed E-state index contributed by atoms with van der Waals surface area (Å²) < 4.78 is 26.4. The molecule has 1 aromatic carbocycles. The molecule has 1 saturated carbocycles. The highest BCUT2D eigenvalue weighted by Crippen LogP contribution is 2.36. The summed E-state index contributed by atoms with van der Waals surface area (Å²) in [5.74, 6) is 0.361. The molecular formula is C12H17Cl3N2O2S. The van der Waals surface area contributed by atoms with Crippen molar-refractivity contribution < 1.29 is 8.42 Å². The molecule has 0 spiro atoms. The van der Waals surface area contributed by atoms with Crippen LogP contribution in [0.1, 0.15) is 12.8 Å². The standard InChI is InChI=1S/C12H16Cl2N2O2S.ClH/c1-16(12(7-15)8-2-3-8)19(17,18)11-5-9(13)4-10(14)6-11;/h4-6,8,12H,2-3,7,15H2,1H3;1H. The molecule has 1 atom stereocenters. The first-order valence-corrected chi connectivity index (χ1v) is 8.20. The molecule has 1 aromatic rings. The molecule has 1 aliphatic rings. The number of rotatable bonds is 5. The van der Waals surface area contributed by atoms with Crippen molar-refractivity contribution in [3.8, 4) is 0 Å². The Bertz CT molecular complexity index is 556. The van der Waals surface area contributed by atoms with Crippen LogP contribution in [0.25, 0.3) is 0 Å². The van der Waals surface area contributed by atoms with Gasteiger partial charge in [-0.15, -0.1) is 12.4 Å². The quantitative estimate of drug-likeness (QED) is 0.879. The molecule has 2 N–H and O–H groups in total. The molecule has 2 rings (SSSR count). The van der Waals surface area contributed by atoms with Gasteiger partial charge in [-0.05, 0) is 37.0 Å². The molecule has 0 heterocycles. The average molecular weight is 360 g/mol. The Morgan fingerprint density at radius 3 is 2.20 bits per heavy atom. The Hall–Kier alpha value is -0.0400. The Balaban J connectivity index is 0.00000200. The molecule has 1 unspecified atom stereocenters. The lowest BCUT2D eigenvalue weighted by Crippen LogP contribution is -2.43. The zero-order valence-corrected chi connectivity index (χ0v) is 14.1. The van der Waals surface area contributed by atoms with Gasteiger partial charge in [-0.1, -0.05) is 23.2 Å². The number of benzene rings is 1. The monoisotopic (exact) mass is 358 g/mol. The summed E-state index contributed by atoms with van der Waals surface area (Å²) in [7, 11) is -2.06. The van der Waals surface area contributed by atoms with E-state index in [1.54, 1.807) is 7.05 Å². The first-order valence-electron chi connectivity index (χ1n) is 6.00. The largest absolute Gasteiger partial charge is 0.329 e. The van der Waals surface area contributed by atoms with Gasteiger partial charge in [-0.25, -0.2) is 8.42 Å². The van der Waals surface area contributed by atoms with Crippen LogP contribution in [0.5, 0.6) is 0 Å². The van der Waals surface area contributed by atoms with Gasteiger partial charge < -0.3 is 5.73 Å². The summed E-state index contributed by atoms with van der Waals surface area (Å²) in [6, 6.07) is 4.14. The van der Waals surface area contributed by atoms with E-state index in [2.05, 4.69) is 0 Å². The molecule has 0 aliphatic heterocycles. The molecule has 0 saturated heterocycles. The lowest BCUT2D eigenvalue weighted by molar-refractivity contribution is 0.340. The number of nitrogens with zero attached hydrogens (tertiary/aromatic N) is 1. The third kappa shape index (κ3) is 3.78. The summed E-state index contributed by atoms with van der Waals surface area (Å²) in [6.45, 7) is 0.314. The Morgan fingerprint density at radius 2 is 1.80 bits per heavy atom. The fourth-order valence-corrected chi connectivity index (χ4v) is 4.30. The predicted molar refractivity (Wildman–Crippen MR) is 84.2 cm³/mol. The van der Waals surface area contributed by atoms with E-state index in [1.807, 2.05) is 0 Å². The highest BCUT2D eigenvalue weighted by atomic mass is 35.5. The fourth-order valence-electron chi connectivity index (χ4n) is 2.14. The van der Waals surface area contributed by atoms with Crippen LogP contribution in [-0.2, 0) is 10.0 Å². The minimum Gasteiger partial charge on any atom is -0.329 e. The summed E-state index contributed by atoms with van der Waals surface area (Å²) in [5, 5.41) is 0.602. The Kier molecular flexibility index (Phi) is 6.14. The number of halogens is 3. The number of hydrogen-bond donors (Lipinski definition) is 1. The maximum Gasteiger partial charge on any atom is 0.243 e. The first kappa shape index (κ1) is 18.0. The highest BCUT2D eigenvalue weighted by Gasteiger charge is 2.38. The number of likely N-dealkylation sites (N-methyl/N-ethyl adjacent to an activating group) is 1. The van der Waals surface area contributed by atoms with Crippen LogP contribution < -0.4 is 5.73 Å². The van der Waals surface area contributed by atoms with Crippen molar-refractivity contribution in [2.45, 2.75) is 23.8 Å². The van der Waals surface area contributed by atoms with Crippen molar-refractivity contribution in [1.29, 1.82) is 0 Å². The smallest absolute Gasteiger partial charge is 0.243 e. The van der Waals surface area contributed by atoms with E-state index in [9.17, 15) is 8.42 Å². The molecule has 1 aliphatic carbocycles. The molecule has 0 radical (unpaired) electrons. The van der Waals surface area contributed by atoms with Crippen LogP contribution in [0.15, 0.2) is 23.1 Å². The van der Waals surface area contributed by atoms with Crippen molar-refractivity contribution in [2.24, 2.45) is 11.7 Å². The molecule has 0 amide bonds. The van der Waals surface area contributed by atoms with Crippen LogP contribution in [-0.4, -0.2) is 32.4 Å². The third-order valence-corrected chi connectivity index (χ3v) is 5.68. The Labute approximate surface area is 135 Å². The van der Waals surface area contributed by atoms with Crippen LogP contribution in [0.4, 0.5) is 0 Å². The molecule has 0 bridgehead atoms. The molecular weight excluding hydrogens is 343 g/mol. The zero-order chi connectivity index (χ0) is 14.2. The SMILES string of the molecule is CN(C(CN)C1CC1)S(=O)(=O)c1cc(Cl)cc(Cl)c1.Cl. The fraction of sp³-hybridized carbons (Fsp3) is 0.500. The van der Waals surface area contributed by atoms with Crippen molar-refractivity contribution in [1.82, 2.24) is 4.31 Å². The minimum absolute atomic E-state index is 0. The molecule has 0 aromatic heterocycles. The highest BCUT2D eigenvalue weighted by molar-refractivity contribution is 7.89. The molecule has 20 heavy (non-hydrogen) atoms. The van der Waals surface area contributed by atoms with Crippen molar-refractivity contribution in [3.63, 3.8) is 0 Å².